The molecular weight excluding hydrogens is 186 g/mol. The lowest BCUT2D eigenvalue weighted by molar-refractivity contribution is 0.554. The van der Waals surface area contributed by atoms with Gasteiger partial charge in [-0.05, 0) is 43.7 Å². The molecule has 0 radical (unpaired) electrons. The summed E-state index contributed by atoms with van der Waals surface area (Å²) in [4.78, 5) is 4.50. The Labute approximate surface area is 88.3 Å². The van der Waals surface area contributed by atoms with E-state index >= 15 is 0 Å². The van der Waals surface area contributed by atoms with Gasteiger partial charge in [0.25, 0.3) is 0 Å². The van der Waals surface area contributed by atoms with Crippen LogP contribution in [0.15, 0.2) is 56.8 Å². The number of hydrogen-bond acceptors (Lipinski definition) is 2. The Balaban J connectivity index is 2.21. The van der Waals surface area contributed by atoms with Crippen molar-refractivity contribution in [3.05, 3.63) is 53.2 Å². The van der Waals surface area contributed by atoms with Crippen LogP contribution in [0.5, 0.6) is 0 Å². The van der Waals surface area contributed by atoms with E-state index in [9.17, 15) is 0 Å². The van der Waals surface area contributed by atoms with Crippen LogP contribution in [0.1, 0.15) is 19.6 Å². The van der Waals surface area contributed by atoms with E-state index < -0.39 is 0 Å². The molecule has 0 spiro atoms. The number of fused-ring (bicyclic) bond motifs is 1. The Hall–Kier alpha value is -1.83. The molecule has 0 unspecified atom stereocenters. The van der Waals surface area contributed by atoms with Gasteiger partial charge in [0.2, 0.25) is 0 Å². The second kappa shape index (κ2) is 2.83. The molecule has 0 bridgehead atoms. The van der Waals surface area contributed by atoms with E-state index in [0.29, 0.717) is 0 Å². The Kier molecular flexibility index (Phi) is 1.60. The largest absolute Gasteiger partial charge is 0.464 e. The highest BCUT2D eigenvalue weighted by atomic mass is 16.3. The first kappa shape index (κ1) is 8.48. The molecule has 74 valence electrons. The van der Waals surface area contributed by atoms with E-state index in [1.165, 1.54) is 11.1 Å². The van der Waals surface area contributed by atoms with Gasteiger partial charge in [-0.15, -0.1) is 0 Å². The van der Waals surface area contributed by atoms with Crippen LogP contribution in [-0.4, -0.2) is 5.71 Å². The summed E-state index contributed by atoms with van der Waals surface area (Å²) in [6.45, 7) is 4.10. The van der Waals surface area contributed by atoms with Gasteiger partial charge in [0.1, 0.15) is 5.76 Å². The summed E-state index contributed by atoms with van der Waals surface area (Å²) >= 11 is 0. The zero-order valence-corrected chi connectivity index (χ0v) is 8.74. The van der Waals surface area contributed by atoms with Crippen LogP contribution in [0, 0.1) is 0 Å². The summed E-state index contributed by atoms with van der Waals surface area (Å²) < 4.78 is 5.42. The molecule has 1 aromatic heterocycles. The van der Waals surface area contributed by atoms with Crippen molar-refractivity contribution < 1.29 is 4.42 Å². The zero-order chi connectivity index (χ0) is 10.4. The van der Waals surface area contributed by atoms with Gasteiger partial charge in [-0.3, -0.25) is 4.99 Å². The minimum Gasteiger partial charge on any atom is -0.464 e. The lowest BCUT2D eigenvalue weighted by atomic mass is 10.1. The van der Waals surface area contributed by atoms with E-state index in [0.717, 1.165) is 22.7 Å². The zero-order valence-electron chi connectivity index (χ0n) is 8.74. The van der Waals surface area contributed by atoms with Crippen molar-refractivity contribution in [1.29, 1.82) is 0 Å². The van der Waals surface area contributed by atoms with Crippen molar-refractivity contribution in [3.63, 3.8) is 0 Å². The smallest absolute Gasteiger partial charge is 0.134 e. The molecule has 0 N–H and O–H groups in total. The van der Waals surface area contributed by atoms with Crippen LogP contribution in [-0.2, 0) is 0 Å². The Morgan fingerprint density at radius 2 is 2.00 bits per heavy atom. The molecule has 1 aromatic rings. The maximum Gasteiger partial charge on any atom is 0.134 e. The fourth-order valence-corrected chi connectivity index (χ4v) is 2.05. The molecule has 2 aliphatic rings. The van der Waals surface area contributed by atoms with Gasteiger partial charge >= 0.3 is 0 Å². The van der Waals surface area contributed by atoms with Crippen molar-refractivity contribution in [2.75, 3.05) is 0 Å². The normalized spacial score (nSPS) is 18.9. The summed E-state index contributed by atoms with van der Waals surface area (Å²) in [5.74, 6) is 0.917. The lowest BCUT2D eigenvalue weighted by Gasteiger charge is -1.96. The highest BCUT2D eigenvalue weighted by molar-refractivity contribution is 6.25. The van der Waals surface area contributed by atoms with Gasteiger partial charge in [0, 0.05) is 16.8 Å². The highest BCUT2D eigenvalue weighted by Crippen LogP contribution is 2.35. The number of allylic oxidation sites excluding steroid dienone is 6. The van der Waals surface area contributed by atoms with Crippen LogP contribution in [0.25, 0.3) is 5.57 Å². The molecule has 15 heavy (non-hydrogen) atoms. The van der Waals surface area contributed by atoms with E-state index in [4.69, 9.17) is 4.42 Å². The second-order valence-electron chi connectivity index (χ2n) is 3.88. The lowest BCUT2D eigenvalue weighted by Crippen LogP contribution is -1.93. The minimum absolute atomic E-state index is 0.917. The number of hydrogen-bond donors (Lipinski definition) is 0. The minimum atomic E-state index is 0.917. The van der Waals surface area contributed by atoms with Crippen molar-refractivity contribution in [2.24, 2.45) is 4.99 Å². The summed E-state index contributed by atoms with van der Waals surface area (Å²) in [7, 11) is 0. The Morgan fingerprint density at radius 1 is 1.13 bits per heavy atom. The number of rotatable bonds is 1. The van der Waals surface area contributed by atoms with E-state index in [2.05, 4.69) is 24.1 Å². The average Bonchev–Trinajstić information content (AvgIpc) is 2.85. The van der Waals surface area contributed by atoms with Gasteiger partial charge in [0.05, 0.1) is 12.0 Å². The molecule has 1 aliphatic heterocycles. The van der Waals surface area contributed by atoms with E-state index in [1.54, 1.807) is 6.26 Å². The summed E-state index contributed by atoms with van der Waals surface area (Å²) in [6.07, 6.45) is 5.95. The molecule has 2 heteroatoms. The average molecular weight is 197 g/mol. The fraction of sp³-hybridized carbons (Fsp3) is 0.154. The molecule has 2 heterocycles. The fourth-order valence-electron chi connectivity index (χ4n) is 2.05. The quantitative estimate of drug-likeness (QED) is 0.677. The molecular formula is C13H11NO. The molecule has 1 aliphatic carbocycles. The third kappa shape index (κ3) is 1.14. The maximum atomic E-state index is 5.42. The number of nitrogens with zero attached hydrogens (tertiary/aromatic N) is 1. The van der Waals surface area contributed by atoms with Crippen LogP contribution in [0.4, 0.5) is 0 Å². The highest BCUT2D eigenvalue weighted by Gasteiger charge is 2.24. The summed E-state index contributed by atoms with van der Waals surface area (Å²) in [5.41, 5.74) is 5.72. The van der Waals surface area contributed by atoms with Crippen molar-refractivity contribution in [3.8, 4) is 0 Å². The van der Waals surface area contributed by atoms with Crippen molar-refractivity contribution in [1.82, 2.24) is 0 Å². The molecule has 0 amide bonds. The third-order valence-corrected chi connectivity index (χ3v) is 2.71. The van der Waals surface area contributed by atoms with Gasteiger partial charge < -0.3 is 4.42 Å². The molecule has 0 aromatic carbocycles. The van der Waals surface area contributed by atoms with Crippen LogP contribution in [0.3, 0.4) is 0 Å². The summed E-state index contributed by atoms with van der Waals surface area (Å²) in [5, 5.41) is 0. The van der Waals surface area contributed by atoms with E-state index in [1.807, 2.05) is 19.1 Å². The van der Waals surface area contributed by atoms with Crippen LogP contribution < -0.4 is 0 Å². The first-order valence-electron chi connectivity index (χ1n) is 5.00. The predicted octanol–water partition coefficient (Wildman–Crippen LogP) is 3.35. The molecule has 0 atom stereocenters. The molecule has 0 saturated heterocycles. The molecule has 3 rings (SSSR count). The van der Waals surface area contributed by atoms with Crippen LogP contribution >= 0.6 is 0 Å². The van der Waals surface area contributed by atoms with Gasteiger partial charge in [-0.1, -0.05) is 0 Å². The number of furan rings is 1. The number of aliphatic imine (C=N–C) groups is 1. The molecule has 0 saturated carbocycles. The molecule has 2 nitrogen and oxygen atoms in total. The van der Waals surface area contributed by atoms with E-state index in [-0.39, 0.29) is 0 Å². The van der Waals surface area contributed by atoms with Crippen LogP contribution in [0.2, 0.25) is 0 Å². The molecule has 0 fully saturated rings. The maximum absolute atomic E-state index is 5.42. The van der Waals surface area contributed by atoms with Crippen molar-refractivity contribution >= 4 is 11.3 Å². The van der Waals surface area contributed by atoms with Gasteiger partial charge in [0.15, 0.2) is 0 Å². The third-order valence-electron chi connectivity index (χ3n) is 2.71. The summed E-state index contributed by atoms with van der Waals surface area (Å²) in [6, 6.07) is 3.89. The predicted molar refractivity (Wildman–Crippen MR) is 60.6 cm³/mol. The van der Waals surface area contributed by atoms with Crippen molar-refractivity contribution in [2.45, 2.75) is 13.8 Å². The first-order chi connectivity index (χ1) is 7.25. The first-order valence-corrected chi connectivity index (χ1v) is 5.00. The SMILES string of the molecule is CC1=CC2=C(c3ccco3)C=C(C)C2=N1. The Morgan fingerprint density at radius 3 is 2.73 bits per heavy atom. The monoisotopic (exact) mass is 197 g/mol. The topological polar surface area (TPSA) is 25.5 Å². The van der Waals surface area contributed by atoms with Gasteiger partial charge in [-0.2, -0.15) is 0 Å². The van der Waals surface area contributed by atoms with Gasteiger partial charge in [-0.25, -0.2) is 0 Å². The second-order valence-corrected chi connectivity index (χ2v) is 3.88. The Bertz CT molecular complexity index is 539. The standard InChI is InChI=1S/C13H11NO/c1-8-6-10(12-4-3-5-15-12)11-7-9(2)14-13(8)11/h3-7H,1-2H3.